The summed E-state index contributed by atoms with van der Waals surface area (Å²) in [5, 5.41) is 8.37. The summed E-state index contributed by atoms with van der Waals surface area (Å²) in [5.74, 6) is -0.296. The molecule has 7 heteroatoms. The minimum atomic E-state index is -0.296. The van der Waals surface area contributed by atoms with Crippen molar-refractivity contribution in [2.24, 2.45) is 7.05 Å². The van der Waals surface area contributed by atoms with Crippen LogP contribution in [0.2, 0.25) is 5.02 Å². The molecule has 1 aromatic carbocycles. The van der Waals surface area contributed by atoms with Crippen molar-refractivity contribution in [2.75, 3.05) is 5.32 Å². The molecule has 3 aromatic rings. The highest BCUT2D eigenvalue weighted by molar-refractivity contribution is 6.31. The van der Waals surface area contributed by atoms with E-state index in [4.69, 9.17) is 11.6 Å². The summed E-state index contributed by atoms with van der Waals surface area (Å²) in [6.07, 6.45) is 1.61. The lowest BCUT2D eigenvalue weighted by Gasteiger charge is -2.09. The molecule has 0 radical (unpaired) electrons. The molecule has 0 saturated heterocycles. The smallest absolute Gasteiger partial charge is 0.277 e. The molecule has 0 aliphatic heterocycles. The summed E-state index contributed by atoms with van der Waals surface area (Å²) in [5.41, 5.74) is 2.56. The van der Waals surface area contributed by atoms with E-state index in [1.54, 1.807) is 36.1 Å². The third-order valence-corrected chi connectivity index (χ3v) is 4.33. The molecular weight excluding hydrogens is 328 g/mol. The molecule has 0 fully saturated rings. The standard InChI is InChI=1S/C17H17ClN4O2/c1-10-4-5-12(8-14(10)18)19-15(23)9-22-7-6-13-11(2)20-21(3)16(13)17(22)24/h4-8H,9H2,1-3H3,(H,19,23). The monoisotopic (exact) mass is 344 g/mol. The van der Waals surface area contributed by atoms with E-state index in [0.29, 0.717) is 16.2 Å². The van der Waals surface area contributed by atoms with Gasteiger partial charge in [0.15, 0.2) is 0 Å². The number of anilines is 1. The molecule has 124 valence electrons. The summed E-state index contributed by atoms with van der Waals surface area (Å²) in [6, 6.07) is 7.09. The van der Waals surface area contributed by atoms with Crippen molar-refractivity contribution < 1.29 is 4.79 Å². The molecule has 0 saturated carbocycles. The van der Waals surface area contributed by atoms with Gasteiger partial charge in [0.1, 0.15) is 12.1 Å². The van der Waals surface area contributed by atoms with E-state index in [9.17, 15) is 9.59 Å². The van der Waals surface area contributed by atoms with Crippen LogP contribution in [0.1, 0.15) is 11.3 Å². The summed E-state index contributed by atoms with van der Waals surface area (Å²) in [7, 11) is 1.72. The Morgan fingerprint density at radius 2 is 2.04 bits per heavy atom. The van der Waals surface area contributed by atoms with Crippen LogP contribution in [0.4, 0.5) is 5.69 Å². The van der Waals surface area contributed by atoms with Crippen LogP contribution in [0.15, 0.2) is 35.3 Å². The lowest BCUT2D eigenvalue weighted by atomic mass is 10.2. The van der Waals surface area contributed by atoms with Gasteiger partial charge in [-0.05, 0) is 37.6 Å². The highest BCUT2D eigenvalue weighted by Crippen LogP contribution is 2.20. The number of aryl methyl sites for hydroxylation is 3. The Labute approximate surface area is 143 Å². The van der Waals surface area contributed by atoms with Gasteiger partial charge in [-0.1, -0.05) is 17.7 Å². The molecule has 1 amide bonds. The highest BCUT2D eigenvalue weighted by Gasteiger charge is 2.13. The number of halogens is 1. The second kappa shape index (κ2) is 6.13. The molecule has 3 rings (SSSR count). The van der Waals surface area contributed by atoms with E-state index in [1.807, 2.05) is 19.9 Å². The predicted molar refractivity (Wildman–Crippen MR) is 94.5 cm³/mol. The van der Waals surface area contributed by atoms with E-state index >= 15 is 0 Å². The van der Waals surface area contributed by atoms with Crippen LogP contribution in [-0.2, 0) is 18.4 Å². The minimum Gasteiger partial charge on any atom is -0.324 e. The lowest BCUT2D eigenvalue weighted by Crippen LogP contribution is -2.28. The van der Waals surface area contributed by atoms with Crippen LogP contribution < -0.4 is 10.9 Å². The maximum Gasteiger partial charge on any atom is 0.277 e. The van der Waals surface area contributed by atoms with Crippen molar-refractivity contribution in [1.82, 2.24) is 14.3 Å². The van der Waals surface area contributed by atoms with E-state index in [-0.39, 0.29) is 18.0 Å². The number of carbonyl (C=O) groups is 1. The van der Waals surface area contributed by atoms with Gasteiger partial charge in [0.2, 0.25) is 5.91 Å². The Bertz CT molecular complexity index is 1000. The largest absolute Gasteiger partial charge is 0.324 e. The number of rotatable bonds is 3. The summed E-state index contributed by atoms with van der Waals surface area (Å²) < 4.78 is 2.91. The number of nitrogens with one attached hydrogen (secondary N) is 1. The minimum absolute atomic E-state index is 0.0789. The second-order valence-corrected chi connectivity index (χ2v) is 6.14. The third kappa shape index (κ3) is 2.92. The normalized spacial score (nSPS) is 11.0. The van der Waals surface area contributed by atoms with Gasteiger partial charge in [-0.2, -0.15) is 5.10 Å². The van der Waals surface area contributed by atoms with Gasteiger partial charge >= 0.3 is 0 Å². The van der Waals surface area contributed by atoms with Gasteiger partial charge in [-0.3, -0.25) is 14.3 Å². The van der Waals surface area contributed by atoms with E-state index in [0.717, 1.165) is 16.6 Å². The molecule has 0 aliphatic carbocycles. The molecule has 0 spiro atoms. The quantitative estimate of drug-likeness (QED) is 0.794. The van der Waals surface area contributed by atoms with Crippen LogP contribution in [-0.4, -0.2) is 20.3 Å². The van der Waals surface area contributed by atoms with Gasteiger partial charge in [-0.15, -0.1) is 0 Å². The maximum atomic E-state index is 12.6. The first kappa shape index (κ1) is 16.3. The first-order valence-electron chi connectivity index (χ1n) is 7.45. The molecule has 0 unspecified atom stereocenters. The summed E-state index contributed by atoms with van der Waals surface area (Å²) >= 11 is 6.05. The zero-order valence-electron chi connectivity index (χ0n) is 13.6. The van der Waals surface area contributed by atoms with Gasteiger partial charge in [0.25, 0.3) is 5.56 Å². The molecule has 2 aromatic heterocycles. The van der Waals surface area contributed by atoms with E-state index in [1.165, 1.54) is 4.57 Å². The number of pyridine rings is 1. The van der Waals surface area contributed by atoms with Crippen LogP contribution in [0.5, 0.6) is 0 Å². The Balaban J connectivity index is 1.85. The fourth-order valence-electron chi connectivity index (χ4n) is 2.65. The number of benzene rings is 1. The topological polar surface area (TPSA) is 68.9 Å². The highest BCUT2D eigenvalue weighted by atomic mass is 35.5. The number of hydrogen-bond donors (Lipinski definition) is 1. The molecule has 2 heterocycles. The number of nitrogens with zero attached hydrogens (tertiary/aromatic N) is 3. The Kier molecular flexibility index (Phi) is 4.15. The van der Waals surface area contributed by atoms with Crippen LogP contribution in [0.25, 0.3) is 10.9 Å². The molecule has 0 aliphatic rings. The fraction of sp³-hybridized carbons (Fsp3) is 0.235. The molecule has 24 heavy (non-hydrogen) atoms. The van der Waals surface area contributed by atoms with Gasteiger partial charge in [0.05, 0.1) is 5.69 Å². The summed E-state index contributed by atoms with van der Waals surface area (Å²) in [6.45, 7) is 3.66. The zero-order chi connectivity index (χ0) is 17.4. The number of carbonyl (C=O) groups excluding carboxylic acids is 1. The van der Waals surface area contributed by atoms with Crippen molar-refractivity contribution >= 4 is 34.1 Å². The predicted octanol–water partition coefficient (Wildman–Crippen LogP) is 2.64. The average molecular weight is 345 g/mol. The molecule has 6 nitrogen and oxygen atoms in total. The first-order valence-corrected chi connectivity index (χ1v) is 7.83. The maximum absolute atomic E-state index is 12.6. The number of aromatic nitrogens is 3. The number of amides is 1. The number of hydrogen-bond acceptors (Lipinski definition) is 3. The van der Waals surface area contributed by atoms with Gasteiger partial charge < -0.3 is 9.88 Å². The molecular formula is C17H17ClN4O2. The molecule has 0 bridgehead atoms. The summed E-state index contributed by atoms with van der Waals surface area (Å²) in [4.78, 5) is 24.8. The van der Waals surface area contributed by atoms with Crippen LogP contribution in [0.3, 0.4) is 0 Å². The number of fused-ring (bicyclic) bond motifs is 1. The second-order valence-electron chi connectivity index (χ2n) is 5.73. The lowest BCUT2D eigenvalue weighted by molar-refractivity contribution is -0.116. The van der Waals surface area contributed by atoms with Crippen molar-refractivity contribution in [3.05, 3.63) is 57.1 Å². The van der Waals surface area contributed by atoms with Gasteiger partial charge in [0, 0.05) is 29.3 Å². The van der Waals surface area contributed by atoms with Crippen molar-refractivity contribution in [3.63, 3.8) is 0 Å². The van der Waals surface area contributed by atoms with Gasteiger partial charge in [-0.25, -0.2) is 0 Å². The van der Waals surface area contributed by atoms with Crippen molar-refractivity contribution in [2.45, 2.75) is 20.4 Å². The third-order valence-electron chi connectivity index (χ3n) is 3.92. The SMILES string of the molecule is Cc1ccc(NC(=O)Cn2ccc3c(C)nn(C)c3c2=O)cc1Cl. The Morgan fingerprint density at radius 1 is 1.29 bits per heavy atom. The Hall–Kier alpha value is -2.60. The molecule has 1 N–H and O–H groups in total. The van der Waals surface area contributed by atoms with E-state index < -0.39 is 0 Å². The first-order chi connectivity index (χ1) is 11.4. The van der Waals surface area contributed by atoms with Crippen LogP contribution >= 0.6 is 11.6 Å². The van der Waals surface area contributed by atoms with Crippen LogP contribution in [0, 0.1) is 13.8 Å². The van der Waals surface area contributed by atoms with Crippen molar-refractivity contribution in [3.8, 4) is 0 Å². The van der Waals surface area contributed by atoms with Crippen molar-refractivity contribution in [1.29, 1.82) is 0 Å². The fourth-order valence-corrected chi connectivity index (χ4v) is 2.83. The Morgan fingerprint density at radius 3 is 2.75 bits per heavy atom. The molecule has 0 atom stereocenters. The average Bonchev–Trinajstić information content (AvgIpc) is 2.81. The van der Waals surface area contributed by atoms with E-state index in [2.05, 4.69) is 10.4 Å². The zero-order valence-corrected chi connectivity index (χ0v) is 14.4.